The van der Waals surface area contributed by atoms with Crippen LogP contribution >= 0.6 is 11.6 Å². The number of hydrogen-bond donors (Lipinski definition) is 2. The van der Waals surface area contributed by atoms with Crippen LogP contribution in [0.3, 0.4) is 0 Å². The third-order valence-electron chi connectivity index (χ3n) is 9.45. The van der Waals surface area contributed by atoms with Crippen LogP contribution in [0.1, 0.15) is 31.2 Å². The molecule has 3 atom stereocenters. The molecule has 7 rings (SSSR count). The highest BCUT2D eigenvalue weighted by Gasteiger charge is 2.50. The van der Waals surface area contributed by atoms with Crippen LogP contribution in [0.5, 0.6) is 11.9 Å². The van der Waals surface area contributed by atoms with E-state index in [0.29, 0.717) is 13.0 Å². The summed E-state index contributed by atoms with van der Waals surface area (Å²) in [5.41, 5.74) is 1.21. The number of likely N-dealkylation sites (N-methyl/N-ethyl adjacent to an activating group) is 1. The Balaban J connectivity index is 1.44. The third kappa shape index (κ3) is 4.89. The molecule has 0 amide bonds. The molecule has 242 valence electrons. The molecular formula is C29H30ClF5N6O4. The number of nitrogens with zero attached hydrogens (tertiary/aromatic N) is 5. The Morgan fingerprint density at radius 2 is 1.98 bits per heavy atom. The molecule has 10 nitrogen and oxygen atoms in total. The SMILES string of the molecule is CN1c2nc(OC[C@@]34CCCN3C[C@H](F)C4)nc3c(F)c(-c4cc(N)cc(Cl)c4C(F)(F)F)nc(c23)OC(CO)CC12COC2. The molecule has 2 aromatic heterocycles. The highest BCUT2D eigenvalue weighted by atomic mass is 35.5. The summed E-state index contributed by atoms with van der Waals surface area (Å²) in [5.74, 6) is -1.34. The number of rotatable bonds is 5. The minimum atomic E-state index is -4.99. The third-order valence-corrected chi connectivity index (χ3v) is 9.75. The minimum Gasteiger partial charge on any atom is -0.471 e. The molecule has 3 saturated heterocycles. The van der Waals surface area contributed by atoms with E-state index in [9.17, 15) is 22.7 Å². The lowest BCUT2D eigenvalue weighted by Gasteiger charge is -2.50. The number of hydrogen-bond acceptors (Lipinski definition) is 10. The number of aliphatic hydroxyl groups is 1. The van der Waals surface area contributed by atoms with E-state index in [-0.39, 0.29) is 61.4 Å². The lowest BCUT2D eigenvalue weighted by Crippen LogP contribution is -2.64. The van der Waals surface area contributed by atoms with E-state index in [2.05, 4.69) is 15.0 Å². The van der Waals surface area contributed by atoms with Crippen LogP contribution in [0.4, 0.5) is 33.5 Å². The zero-order valence-corrected chi connectivity index (χ0v) is 24.9. The van der Waals surface area contributed by atoms with Crippen LogP contribution in [0.15, 0.2) is 12.1 Å². The summed E-state index contributed by atoms with van der Waals surface area (Å²) in [6.07, 6.45) is -4.80. The van der Waals surface area contributed by atoms with Crippen molar-refractivity contribution in [2.45, 2.75) is 55.2 Å². The van der Waals surface area contributed by atoms with Gasteiger partial charge in [0.1, 0.15) is 41.3 Å². The first-order valence-electron chi connectivity index (χ1n) is 14.5. The number of benzene rings is 1. The molecule has 3 N–H and O–H groups in total. The molecule has 0 bridgehead atoms. The first-order chi connectivity index (χ1) is 21.3. The fourth-order valence-corrected chi connectivity index (χ4v) is 7.50. The number of aromatic nitrogens is 3. The maximum atomic E-state index is 16.7. The van der Waals surface area contributed by atoms with E-state index in [1.165, 1.54) is 0 Å². The van der Waals surface area contributed by atoms with Gasteiger partial charge in [0, 0.05) is 37.7 Å². The van der Waals surface area contributed by atoms with Crippen LogP contribution in [0.25, 0.3) is 22.2 Å². The fourth-order valence-electron chi connectivity index (χ4n) is 7.16. The molecule has 0 aliphatic carbocycles. The van der Waals surface area contributed by atoms with E-state index in [1.54, 1.807) is 11.9 Å². The van der Waals surface area contributed by atoms with Gasteiger partial charge in [0.25, 0.3) is 0 Å². The van der Waals surface area contributed by atoms with Crippen LogP contribution in [-0.2, 0) is 10.9 Å². The molecule has 0 saturated carbocycles. The number of aliphatic hydroxyl groups excluding tert-OH is 1. The molecular weight excluding hydrogens is 627 g/mol. The number of anilines is 2. The van der Waals surface area contributed by atoms with Crippen LogP contribution in [0, 0.1) is 5.82 Å². The van der Waals surface area contributed by atoms with Gasteiger partial charge in [-0.15, -0.1) is 0 Å². The standard InChI is InChI=1S/C29H30ClF5N6O4/c1-40-24-19-23(38-26(39-24)44-13-27-3-2-4-41(27)9-14(31)7-27)21(32)22(17-5-15(36)6-18(30)20(17)29(33,34)35)37-25(19)45-16(10-42)8-28(40)11-43-12-28/h5-6,14,16,42H,2-4,7-13,36H2,1H3/t14-,16?,27+/m1/s1. The predicted molar refractivity (Wildman–Crippen MR) is 154 cm³/mol. The molecule has 45 heavy (non-hydrogen) atoms. The minimum absolute atomic E-state index is 0.0237. The molecule has 0 radical (unpaired) electrons. The summed E-state index contributed by atoms with van der Waals surface area (Å²) < 4.78 is 91.5. The Kier molecular flexibility index (Phi) is 7.19. The van der Waals surface area contributed by atoms with E-state index in [1.807, 2.05) is 4.90 Å². The largest absolute Gasteiger partial charge is 0.471 e. The second-order valence-corrected chi connectivity index (χ2v) is 12.7. The van der Waals surface area contributed by atoms with E-state index >= 15 is 4.39 Å². The van der Waals surface area contributed by atoms with Gasteiger partial charge < -0.3 is 30.0 Å². The van der Waals surface area contributed by atoms with Crippen molar-refractivity contribution in [1.29, 1.82) is 0 Å². The van der Waals surface area contributed by atoms with Crippen molar-refractivity contribution >= 4 is 34.0 Å². The average Bonchev–Trinajstić information content (AvgIpc) is 3.47. The number of nitrogens with two attached hydrogens (primary N) is 1. The summed E-state index contributed by atoms with van der Waals surface area (Å²) in [6.45, 7) is 1.09. The van der Waals surface area contributed by atoms with Gasteiger partial charge in [0.2, 0.25) is 5.88 Å². The Hall–Kier alpha value is -3.27. The number of pyridine rings is 1. The second kappa shape index (κ2) is 10.6. The zero-order chi connectivity index (χ0) is 31.9. The number of alkyl halides is 4. The molecule has 4 aliphatic heterocycles. The Bertz CT molecular complexity index is 1680. The van der Waals surface area contributed by atoms with Crippen LogP contribution in [-0.4, -0.2) is 94.9 Å². The normalized spacial score (nSPS) is 26.0. The fraction of sp³-hybridized carbons (Fsp3) is 0.552. The summed E-state index contributed by atoms with van der Waals surface area (Å²) in [5, 5.41) is 9.41. The van der Waals surface area contributed by atoms with Crippen LogP contribution in [0.2, 0.25) is 5.02 Å². The van der Waals surface area contributed by atoms with E-state index in [4.69, 9.17) is 31.5 Å². The molecule has 16 heteroatoms. The first kappa shape index (κ1) is 30.4. The van der Waals surface area contributed by atoms with Crippen molar-refractivity contribution in [3.05, 3.63) is 28.5 Å². The van der Waals surface area contributed by atoms with Crippen molar-refractivity contribution in [2.24, 2.45) is 0 Å². The number of fused-ring (bicyclic) bond motifs is 1. The van der Waals surface area contributed by atoms with Gasteiger partial charge in [-0.1, -0.05) is 11.6 Å². The smallest absolute Gasteiger partial charge is 0.418 e. The maximum absolute atomic E-state index is 16.7. The monoisotopic (exact) mass is 656 g/mol. The van der Waals surface area contributed by atoms with Gasteiger partial charge >= 0.3 is 12.2 Å². The molecule has 1 aromatic carbocycles. The van der Waals surface area contributed by atoms with Gasteiger partial charge in [-0.05, 0) is 31.5 Å². The van der Waals surface area contributed by atoms with Gasteiger partial charge in [-0.2, -0.15) is 23.1 Å². The van der Waals surface area contributed by atoms with Gasteiger partial charge in [-0.25, -0.2) is 13.8 Å². The van der Waals surface area contributed by atoms with Crippen molar-refractivity contribution < 1.29 is 41.3 Å². The number of halogens is 6. The van der Waals surface area contributed by atoms with Crippen molar-refractivity contribution in [1.82, 2.24) is 19.9 Å². The quantitative estimate of drug-likeness (QED) is 0.302. The Labute approximate surface area is 259 Å². The van der Waals surface area contributed by atoms with Gasteiger partial charge in [0.15, 0.2) is 5.82 Å². The number of ether oxygens (including phenoxy) is 3. The molecule has 6 heterocycles. The summed E-state index contributed by atoms with van der Waals surface area (Å²) >= 11 is 5.99. The highest BCUT2D eigenvalue weighted by molar-refractivity contribution is 6.32. The molecule has 1 unspecified atom stereocenters. The Morgan fingerprint density at radius 3 is 2.67 bits per heavy atom. The Morgan fingerprint density at radius 1 is 1.20 bits per heavy atom. The van der Waals surface area contributed by atoms with Crippen LogP contribution < -0.4 is 20.1 Å². The number of nitrogen functional groups attached to an aromatic ring is 1. The van der Waals surface area contributed by atoms with E-state index < -0.39 is 69.3 Å². The van der Waals surface area contributed by atoms with Crippen molar-refractivity contribution in [2.75, 3.05) is 57.2 Å². The summed E-state index contributed by atoms with van der Waals surface area (Å²) in [4.78, 5) is 17.0. The zero-order valence-electron chi connectivity index (χ0n) is 24.1. The van der Waals surface area contributed by atoms with Crippen molar-refractivity contribution in [3.63, 3.8) is 0 Å². The van der Waals surface area contributed by atoms with Gasteiger partial charge in [0.05, 0.1) is 41.5 Å². The first-order valence-corrected chi connectivity index (χ1v) is 14.9. The summed E-state index contributed by atoms with van der Waals surface area (Å²) in [7, 11) is 1.71. The highest BCUT2D eigenvalue weighted by Crippen LogP contribution is 2.48. The molecule has 1 spiro atoms. The lowest BCUT2D eigenvalue weighted by atomic mass is 9.87. The predicted octanol–water partition coefficient (Wildman–Crippen LogP) is 4.39. The summed E-state index contributed by atoms with van der Waals surface area (Å²) in [6, 6.07) is 1.60. The lowest BCUT2D eigenvalue weighted by molar-refractivity contribution is -0.137. The topological polar surface area (TPSA) is 119 Å². The van der Waals surface area contributed by atoms with Gasteiger partial charge in [-0.3, -0.25) is 4.90 Å². The maximum Gasteiger partial charge on any atom is 0.418 e. The molecule has 3 fully saturated rings. The molecule has 4 aliphatic rings. The average molecular weight is 657 g/mol. The molecule has 3 aromatic rings. The van der Waals surface area contributed by atoms with Crippen molar-refractivity contribution in [3.8, 4) is 23.1 Å². The van der Waals surface area contributed by atoms with E-state index in [0.717, 1.165) is 25.1 Å². The second-order valence-electron chi connectivity index (χ2n) is 12.3.